The molecule has 7 nitrogen and oxygen atoms in total. The normalized spacial score (nSPS) is 13.7. The molecule has 0 heterocycles. The van der Waals surface area contributed by atoms with Crippen molar-refractivity contribution in [2.24, 2.45) is 17.8 Å². The molecule has 0 saturated carbocycles. The number of nitrogens with zero attached hydrogens (tertiary/aromatic N) is 2. The zero-order valence-corrected chi connectivity index (χ0v) is 43.2. The number of rotatable bonds is 48. The molecule has 0 saturated heterocycles. The van der Waals surface area contributed by atoms with Crippen molar-refractivity contribution in [2.75, 3.05) is 32.8 Å². The van der Waals surface area contributed by atoms with E-state index in [4.69, 9.17) is 9.47 Å². The van der Waals surface area contributed by atoms with Crippen molar-refractivity contribution >= 4 is 11.9 Å². The lowest BCUT2D eigenvalue weighted by molar-refractivity contribution is -0.146. The van der Waals surface area contributed by atoms with Gasteiger partial charge in [-0.15, -0.1) is 0 Å². The molecule has 0 aromatic rings. The van der Waals surface area contributed by atoms with Gasteiger partial charge in [-0.3, -0.25) is 14.5 Å². The molecule has 4 unspecified atom stereocenters. The molecule has 0 fully saturated rings. The van der Waals surface area contributed by atoms with Crippen LogP contribution in [-0.4, -0.2) is 71.8 Å². The van der Waals surface area contributed by atoms with Gasteiger partial charge in [0, 0.05) is 32.0 Å². The van der Waals surface area contributed by atoms with Crippen LogP contribution >= 0.6 is 0 Å². The molecular formula is C56H108N2O5. The summed E-state index contributed by atoms with van der Waals surface area (Å²) in [5.41, 5.74) is 0. The lowest BCUT2D eigenvalue weighted by atomic mass is 9.91. The standard InChI is InChI=1S/C56H108N2O5/c1-9-15-19-23-25-31-39-51(37-29-21-17-11-3)46-55(60)62-44-35-28-27-34-43-58(54(50(7)8)49-57(14-6)42-13-5)48-53(59)41-33-36-45-63-56(61)47-52(38-30-22-18-12-4)40-32-26-24-20-16-10-2/h13-14,42,50-54,59H,6,9-12,15-41,43-49H2,1-5,7-8H3/b42-13-. The van der Waals surface area contributed by atoms with Crippen LogP contribution < -0.4 is 0 Å². The lowest BCUT2D eigenvalue weighted by Gasteiger charge is -2.38. The second-order valence-electron chi connectivity index (χ2n) is 19.6. The third-order valence-corrected chi connectivity index (χ3v) is 13.2. The average molecular weight is 889 g/mol. The summed E-state index contributed by atoms with van der Waals surface area (Å²) in [6.07, 6.45) is 43.2. The second-order valence-corrected chi connectivity index (χ2v) is 19.6. The Kier molecular flexibility index (Phi) is 44.0. The average Bonchev–Trinajstić information content (AvgIpc) is 3.26. The quantitative estimate of drug-likeness (QED) is 0.0481. The molecular weight excluding hydrogens is 781 g/mol. The van der Waals surface area contributed by atoms with Gasteiger partial charge in [-0.25, -0.2) is 0 Å². The van der Waals surface area contributed by atoms with Crippen LogP contribution in [-0.2, 0) is 19.1 Å². The van der Waals surface area contributed by atoms with Crippen molar-refractivity contribution in [3.63, 3.8) is 0 Å². The van der Waals surface area contributed by atoms with Gasteiger partial charge in [-0.05, 0) is 101 Å². The molecule has 0 aromatic heterocycles. The van der Waals surface area contributed by atoms with Crippen molar-refractivity contribution in [1.82, 2.24) is 9.80 Å². The van der Waals surface area contributed by atoms with Crippen LogP contribution in [0, 0.1) is 17.8 Å². The molecule has 4 atom stereocenters. The van der Waals surface area contributed by atoms with E-state index < -0.39 is 6.10 Å². The Morgan fingerprint density at radius 2 is 0.921 bits per heavy atom. The Balaban J connectivity index is 4.99. The third-order valence-electron chi connectivity index (χ3n) is 13.2. The zero-order valence-electron chi connectivity index (χ0n) is 43.2. The van der Waals surface area contributed by atoms with E-state index in [2.05, 4.69) is 64.1 Å². The van der Waals surface area contributed by atoms with E-state index in [1.807, 2.05) is 19.2 Å². The fourth-order valence-electron chi connectivity index (χ4n) is 9.16. The van der Waals surface area contributed by atoms with Gasteiger partial charge in [-0.2, -0.15) is 0 Å². The first-order chi connectivity index (χ1) is 30.6. The van der Waals surface area contributed by atoms with E-state index in [-0.39, 0.29) is 18.0 Å². The number of hydrogen-bond acceptors (Lipinski definition) is 7. The van der Waals surface area contributed by atoms with E-state index in [0.717, 1.165) is 77.3 Å². The highest BCUT2D eigenvalue weighted by molar-refractivity contribution is 5.70. The predicted octanol–water partition coefficient (Wildman–Crippen LogP) is 15.9. The van der Waals surface area contributed by atoms with Gasteiger partial charge >= 0.3 is 11.9 Å². The summed E-state index contributed by atoms with van der Waals surface area (Å²) >= 11 is 0. The fourth-order valence-corrected chi connectivity index (χ4v) is 9.16. The van der Waals surface area contributed by atoms with Crippen molar-refractivity contribution in [3.8, 4) is 0 Å². The molecule has 0 bridgehead atoms. The number of unbranched alkanes of at least 4 members (excludes halogenated alkanes) is 20. The van der Waals surface area contributed by atoms with Crippen LogP contribution in [0.5, 0.6) is 0 Å². The summed E-state index contributed by atoms with van der Waals surface area (Å²) in [7, 11) is 0. The Hall–Kier alpha value is -1.86. The molecule has 1 N–H and O–H groups in total. The van der Waals surface area contributed by atoms with Gasteiger partial charge in [0.1, 0.15) is 0 Å². The van der Waals surface area contributed by atoms with Crippen LogP contribution in [0.25, 0.3) is 0 Å². The third kappa shape index (κ3) is 38.0. The number of allylic oxidation sites excluding steroid dienone is 1. The highest BCUT2D eigenvalue weighted by atomic mass is 16.5. The minimum absolute atomic E-state index is 0.00640. The number of aliphatic hydroxyl groups excluding tert-OH is 1. The first kappa shape index (κ1) is 61.1. The van der Waals surface area contributed by atoms with Crippen molar-refractivity contribution in [2.45, 2.75) is 272 Å². The van der Waals surface area contributed by atoms with Gasteiger partial charge in [0.05, 0.1) is 19.3 Å². The maximum atomic E-state index is 12.9. The maximum Gasteiger partial charge on any atom is 0.306 e. The number of hydrogen-bond donors (Lipinski definition) is 1. The highest BCUT2D eigenvalue weighted by Gasteiger charge is 2.25. The van der Waals surface area contributed by atoms with Crippen LogP contribution in [0.4, 0.5) is 0 Å². The van der Waals surface area contributed by atoms with E-state index in [0.29, 0.717) is 56.8 Å². The Bertz CT molecular complexity index is 1050. The van der Waals surface area contributed by atoms with E-state index >= 15 is 0 Å². The predicted molar refractivity (Wildman–Crippen MR) is 272 cm³/mol. The Morgan fingerprint density at radius 1 is 0.540 bits per heavy atom. The summed E-state index contributed by atoms with van der Waals surface area (Å²) in [5.74, 6) is 1.26. The molecule has 0 spiro atoms. The van der Waals surface area contributed by atoms with Gasteiger partial charge < -0.3 is 19.5 Å². The van der Waals surface area contributed by atoms with E-state index in [1.54, 1.807) is 0 Å². The smallest absolute Gasteiger partial charge is 0.306 e. The zero-order chi connectivity index (χ0) is 46.6. The summed E-state index contributed by atoms with van der Waals surface area (Å²) in [5, 5.41) is 11.3. The van der Waals surface area contributed by atoms with Crippen molar-refractivity contribution in [3.05, 3.63) is 25.1 Å². The van der Waals surface area contributed by atoms with Crippen LogP contribution in [0.3, 0.4) is 0 Å². The molecule has 63 heavy (non-hydrogen) atoms. The molecule has 372 valence electrons. The molecule has 0 aliphatic rings. The fraction of sp³-hybridized carbons (Fsp3) is 0.893. The molecule has 7 heteroatoms. The molecule has 0 aromatic carbocycles. The Morgan fingerprint density at radius 3 is 1.35 bits per heavy atom. The minimum atomic E-state index is -0.443. The van der Waals surface area contributed by atoms with Gasteiger partial charge in [0.2, 0.25) is 0 Å². The van der Waals surface area contributed by atoms with Crippen LogP contribution in [0.2, 0.25) is 0 Å². The summed E-state index contributed by atoms with van der Waals surface area (Å²) in [4.78, 5) is 30.4. The number of carbonyl (C=O) groups excluding carboxylic acids is 2. The molecule has 0 radical (unpaired) electrons. The van der Waals surface area contributed by atoms with Gasteiger partial charge in [0.25, 0.3) is 0 Å². The SMILES string of the molecule is C=CN(/C=C\C)CC(C(C)C)N(CCCCCCOC(=O)CC(CCCCCC)CCCCCCCC)CC(O)CCCCOC(=O)CC(CCCCCC)CCCCCCCC. The number of ether oxygens (including phenoxy) is 2. The van der Waals surface area contributed by atoms with Gasteiger partial charge in [-0.1, -0.05) is 195 Å². The highest BCUT2D eigenvalue weighted by Crippen LogP contribution is 2.25. The number of aliphatic hydroxyl groups is 1. The monoisotopic (exact) mass is 889 g/mol. The number of esters is 2. The lowest BCUT2D eigenvalue weighted by Crippen LogP contribution is -2.48. The van der Waals surface area contributed by atoms with Crippen molar-refractivity contribution in [1.29, 1.82) is 0 Å². The summed E-state index contributed by atoms with van der Waals surface area (Å²) < 4.78 is 11.6. The van der Waals surface area contributed by atoms with E-state index in [9.17, 15) is 14.7 Å². The topological polar surface area (TPSA) is 79.3 Å². The molecule has 0 amide bonds. The molecule has 0 aliphatic carbocycles. The van der Waals surface area contributed by atoms with Crippen LogP contribution in [0.1, 0.15) is 260 Å². The maximum absolute atomic E-state index is 12.9. The van der Waals surface area contributed by atoms with Crippen molar-refractivity contribution < 1.29 is 24.2 Å². The first-order valence-electron chi connectivity index (χ1n) is 27.4. The summed E-state index contributed by atoms with van der Waals surface area (Å²) in [6.45, 7) is 23.0. The van der Waals surface area contributed by atoms with E-state index in [1.165, 1.54) is 128 Å². The number of carbonyl (C=O) groups is 2. The Labute approximate surface area is 392 Å². The minimum Gasteiger partial charge on any atom is -0.466 e. The molecule has 0 rings (SSSR count). The first-order valence-corrected chi connectivity index (χ1v) is 27.4. The molecule has 0 aliphatic heterocycles. The van der Waals surface area contributed by atoms with Crippen LogP contribution in [0.15, 0.2) is 25.1 Å². The second kappa shape index (κ2) is 45.3. The summed E-state index contributed by atoms with van der Waals surface area (Å²) in [6, 6.07) is 0.258. The largest absolute Gasteiger partial charge is 0.466 e. The van der Waals surface area contributed by atoms with Gasteiger partial charge in [0.15, 0.2) is 0 Å².